The first-order valence-corrected chi connectivity index (χ1v) is 6.20. The van der Waals surface area contributed by atoms with Crippen molar-refractivity contribution >= 4 is 21.9 Å². The van der Waals surface area contributed by atoms with Crippen LogP contribution < -0.4 is 4.90 Å². The number of rotatable bonds is 2. The van der Waals surface area contributed by atoms with E-state index in [4.69, 9.17) is 4.74 Å². The molecule has 16 heavy (non-hydrogen) atoms. The molecule has 0 amide bonds. The summed E-state index contributed by atoms with van der Waals surface area (Å²) in [6, 6.07) is 0. The number of halogens is 1. The second kappa shape index (κ2) is 4.67. The van der Waals surface area contributed by atoms with E-state index < -0.39 is 0 Å². The highest BCUT2D eigenvalue weighted by atomic mass is 79.9. The van der Waals surface area contributed by atoms with Crippen molar-refractivity contribution < 1.29 is 4.74 Å². The normalized spacial score (nSPS) is 25.8. The first kappa shape index (κ1) is 11.8. The summed E-state index contributed by atoms with van der Waals surface area (Å²) >= 11 is 3.34. The van der Waals surface area contributed by atoms with Crippen molar-refractivity contribution in [2.45, 2.75) is 25.4 Å². The Morgan fingerprint density at radius 3 is 2.75 bits per heavy atom. The van der Waals surface area contributed by atoms with Gasteiger partial charge in [-0.3, -0.25) is 0 Å². The molecule has 5 heteroatoms. The van der Waals surface area contributed by atoms with Gasteiger partial charge >= 0.3 is 0 Å². The van der Waals surface area contributed by atoms with E-state index in [2.05, 4.69) is 37.7 Å². The van der Waals surface area contributed by atoms with Gasteiger partial charge in [0.05, 0.1) is 10.1 Å². The Kier molecular flexibility index (Phi) is 3.44. The van der Waals surface area contributed by atoms with Crippen LogP contribution in [-0.2, 0) is 4.74 Å². The van der Waals surface area contributed by atoms with E-state index in [0.29, 0.717) is 0 Å². The molecule has 1 atom stereocenters. The maximum absolute atomic E-state index is 5.55. The molecule has 1 aromatic rings. The minimum atomic E-state index is -0.0747. The molecule has 2 rings (SSSR count). The summed E-state index contributed by atoms with van der Waals surface area (Å²) in [6.07, 6.45) is 5.77. The number of piperidine rings is 1. The molecule has 0 aliphatic carbocycles. The zero-order valence-corrected chi connectivity index (χ0v) is 11.2. The fraction of sp³-hybridized carbons (Fsp3) is 0.636. The van der Waals surface area contributed by atoms with Gasteiger partial charge in [0.25, 0.3) is 0 Å². The van der Waals surface area contributed by atoms with E-state index >= 15 is 0 Å². The summed E-state index contributed by atoms with van der Waals surface area (Å²) in [5.41, 5.74) is -0.0747. The van der Waals surface area contributed by atoms with Gasteiger partial charge in [-0.05, 0) is 35.7 Å². The summed E-state index contributed by atoms with van der Waals surface area (Å²) in [5.74, 6) is 0.783. The van der Waals surface area contributed by atoms with Crippen LogP contribution in [0.5, 0.6) is 0 Å². The van der Waals surface area contributed by atoms with Crippen LogP contribution in [-0.4, -0.2) is 35.8 Å². The van der Waals surface area contributed by atoms with Crippen molar-refractivity contribution in [1.82, 2.24) is 9.97 Å². The summed E-state index contributed by atoms with van der Waals surface area (Å²) in [7, 11) is 1.77. The van der Waals surface area contributed by atoms with Crippen LogP contribution in [0.15, 0.2) is 16.9 Å². The molecule has 1 fully saturated rings. The molecule has 0 bridgehead atoms. The predicted molar refractivity (Wildman–Crippen MR) is 66.6 cm³/mol. The van der Waals surface area contributed by atoms with Crippen molar-refractivity contribution in [1.29, 1.82) is 0 Å². The van der Waals surface area contributed by atoms with E-state index in [1.165, 1.54) is 0 Å². The molecule has 1 unspecified atom stereocenters. The Bertz CT molecular complexity index is 357. The Morgan fingerprint density at radius 2 is 2.12 bits per heavy atom. The fourth-order valence-electron chi connectivity index (χ4n) is 2.01. The Labute approximate surface area is 104 Å². The zero-order valence-electron chi connectivity index (χ0n) is 9.61. The van der Waals surface area contributed by atoms with Crippen LogP contribution in [0, 0.1) is 0 Å². The SMILES string of the molecule is COC1(C)CCCN(c2ncc(Br)cn2)C1. The largest absolute Gasteiger partial charge is 0.377 e. The Hall–Kier alpha value is -0.680. The van der Waals surface area contributed by atoms with Gasteiger partial charge in [-0.25, -0.2) is 9.97 Å². The minimum Gasteiger partial charge on any atom is -0.377 e. The Morgan fingerprint density at radius 1 is 1.44 bits per heavy atom. The lowest BCUT2D eigenvalue weighted by Crippen LogP contribution is -2.48. The molecule has 0 aromatic carbocycles. The van der Waals surface area contributed by atoms with Gasteiger partial charge in [0.15, 0.2) is 0 Å². The molecule has 0 saturated carbocycles. The quantitative estimate of drug-likeness (QED) is 0.835. The number of aromatic nitrogens is 2. The third kappa shape index (κ3) is 2.52. The highest BCUT2D eigenvalue weighted by Crippen LogP contribution is 2.26. The smallest absolute Gasteiger partial charge is 0.225 e. The molecule has 1 aliphatic heterocycles. The first-order valence-electron chi connectivity index (χ1n) is 5.41. The van der Waals surface area contributed by atoms with Crippen molar-refractivity contribution in [3.05, 3.63) is 16.9 Å². The van der Waals surface area contributed by atoms with Gasteiger partial charge in [0.2, 0.25) is 5.95 Å². The van der Waals surface area contributed by atoms with Gasteiger partial charge in [-0.1, -0.05) is 0 Å². The number of nitrogens with zero attached hydrogens (tertiary/aromatic N) is 3. The molecule has 0 radical (unpaired) electrons. The average Bonchev–Trinajstić information content (AvgIpc) is 2.30. The van der Waals surface area contributed by atoms with Crippen molar-refractivity contribution in [2.24, 2.45) is 0 Å². The molecular formula is C11H16BrN3O. The molecule has 4 nitrogen and oxygen atoms in total. The van der Waals surface area contributed by atoms with Crippen LogP contribution in [0.25, 0.3) is 0 Å². The number of hydrogen-bond donors (Lipinski definition) is 0. The number of hydrogen-bond acceptors (Lipinski definition) is 4. The van der Waals surface area contributed by atoms with Crippen LogP contribution in [0.3, 0.4) is 0 Å². The van der Waals surface area contributed by atoms with Gasteiger partial charge in [-0.2, -0.15) is 0 Å². The van der Waals surface area contributed by atoms with Crippen molar-refractivity contribution in [3.8, 4) is 0 Å². The number of ether oxygens (including phenoxy) is 1. The van der Waals surface area contributed by atoms with Crippen LogP contribution in [0.1, 0.15) is 19.8 Å². The zero-order chi connectivity index (χ0) is 11.6. The lowest BCUT2D eigenvalue weighted by Gasteiger charge is -2.39. The first-order chi connectivity index (χ1) is 7.63. The fourth-order valence-corrected chi connectivity index (χ4v) is 2.22. The van der Waals surface area contributed by atoms with E-state index in [1.807, 2.05) is 0 Å². The third-order valence-corrected chi connectivity index (χ3v) is 3.45. The molecule has 88 valence electrons. The van der Waals surface area contributed by atoms with Crippen LogP contribution in [0.4, 0.5) is 5.95 Å². The summed E-state index contributed by atoms with van der Waals surface area (Å²) in [6.45, 7) is 3.99. The van der Waals surface area contributed by atoms with Gasteiger partial charge < -0.3 is 9.64 Å². The summed E-state index contributed by atoms with van der Waals surface area (Å²) < 4.78 is 6.45. The third-order valence-electron chi connectivity index (χ3n) is 3.04. The van der Waals surface area contributed by atoms with Gasteiger partial charge in [0, 0.05) is 32.6 Å². The summed E-state index contributed by atoms with van der Waals surface area (Å²) in [4.78, 5) is 10.8. The van der Waals surface area contributed by atoms with E-state index in [0.717, 1.165) is 36.4 Å². The lowest BCUT2D eigenvalue weighted by molar-refractivity contribution is -0.00498. The maximum Gasteiger partial charge on any atom is 0.225 e. The second-order valence-corrected chi connectivity index (χ2v) is 5.30. The lowest BCUT2D eigenvalue weighted by atomic mass is 9.95. The number of anilines is 1. The highest BCUT2D eigenvalue weighted by Gasteiger charge is 2.31. The second-order valence-electron chi connectivity index (χ2n) is 4.38. The van der Waals surface area contributed by atoms with Crippen molar-refractivity contribution in [2.75, 3.05) is 25.1 Å². The molecule has 1 saturated heterocycles. The molecule has 0 spiro atoms. The molecular weight excluding hydrogens is 270 g/mol. The van der Waals surface area contributed by atoms with Crippen LogP contribution in [0.2, 0.25) is 0 Å². The molecule has 0 N–H and O–H groups in total. The van der Waals surface area contributed by atoms with E-state index in [1.54, 1.807) is 19.5 Å². The molecule has 1 aliphatic rings. The summed E-state index contributed by atoms with van der Waals surface area (Å²) in [5, 5.41) is 0. The van der Waals surface area contributed by atoms with E-state index in [-0.39, 0.29) is 5.60 Å². The highest BCUT2D eigenvalue weighted by molar-refractivity contribution is 9.10. The minimum absolute atomic E-state index is 0.0747. The standard InChI is InChI=1S/C11H16BrN3O/c1-11(16-2)4-3-5-15(8-11)10-13-6-9(12)7-14-10/h6-7H,3-5,8H2,1-2H3. The van der Waals surface area contributed by atoms with Crippen LogP contribution >= 0.6 is 15.9 Å². The topological polar surface area (TPSA) is 38.2 Å². The Balaban J connectivity index is 2.12. The van der Waals surface area contributed by atoms with Gasteiger partial charge in [-0.15, -0.1) is 0 Å². The predicted octanol–water partition coefficient (Wildman–Crippen LogP) is 2.24. The molecule has 1 aromatic heterocycles. The maximum atomic E-state index is 5.55. The average molecular weight is 286 g/mol. The van der Waals surface area contributed by atoms with Crippen molar-refractivity contribution in [3.63, 3.8) is 0 Å². The monoisotopic (exact) mass is 285 g/mol. The molecule has 2 heterocycles. The van der Waals surface area contributed by atoms with E-state index in [9.17, 15) is 0 Å². The number of methoxy groups -OCH3 is 1. The van der Waals surface area contributed by atoms with Gasteiger partial charge in [0.1, 0.15) is 0 Å².